The topological polar surface area (TPSA) is 113 Å². The fourth-order valence-electron chi connectivity index (χ4n) is 3.29. The predicted molar refractivity (Wildman–Crippen MR) is 75.5 cm³/mol. The zero-order valence-electron chi connectivity index (χ0n) is 12.1. The van der Waals surface area contributed by atoms with Gasteiger partial charge in [-0.3, -0.25) is 4.79 Å². The van der Waals surface area contributed by atoms with E-state index in [1.54, 1.807) is 0 Å². The van der Waals surface area contributed by atoms with Crippen molar-refractivity contribution in [2.24, 2.45) is 5.73 Å². The smallest absolute Gasteiger partial charge is 0.329 e. The van der Waals surface area contributed by atoms with Crippen molar-refractivity contribution < 1.29 is 19.5 Å². The number of nitrogens with zero attached hydrogens (tertiary/aromatic N) is 1. The van der Waals surface area contributed by atoms with E-state index in [0.29, 0.717) is 25.8 Å². The second kappa shape index (κ2) is 6.32. The van der Waals surface area contributed by atoms with Crippen molar-refractivity contribution in [3.63, 3.8) is 0 Å². The number of carbonyl (C=O) groups excluding carboxylic acids is 2. The van der Waals surface area contributed by atoms with Gasteiger partial charge < -0.3 is 21.1 Å². The van der Waals surface area contributed by atoms with Crippen LogP contribution in [0.2, 0.25) is 0 Å². The van der Waals surface area contributed by atoms with Crippen molar-refractivity contribution in [2.75, 3.05) is 6.54 Å². The molecule has 0 aromatic carbocycles. The van der Waals surface area contributed by atoms with Crippen LogP contribution >= 0.6 is 0 Å². The number of carboxylic acid groups (broad SMARTS) is 1. The molecule has 0 radical (unpaired) electrons. The molecule has 1 aliphatic heterocycles. The number of carbonyl (C=O) groups is 3. The highest BCUT2D eigenvalue weighted by atomic mass is 16.4. The summed E-state index contributed by atoms with van der Waals surface area (Å²) in [5.74, 6) is -1.53. The van der Waals surface area contributed by atoms with Gasteiger partial charge >= 0.3 is 12.0 Å². The minimum absolute atomic E-state index is 0.434. The maximum atomic E-state index is 12.4. The maximum Gasteiger partial charge on any atom is 0.329 e. The molecular formula is C14H23N3O4. The van der Waals surface area contributed by atoms with Crippen LogP contribution < -0.4 is 11.1 Å². The number of amides is 3. The van der Waals surface area contributed by atoms with E-state index in [1.807, 2.05) is 0 Å². The molecule has 2 aliphatic rings. The molecule has 0 bridgehead atoms. The summed E-state index contributed by atoms with van der Waals surface area (Å²) in [6, 6.07) is -1.11. The van der Waals surface area contributed by atoms with Crippen LogP contribution in [0.3, 0.4) is 0 Å². The van der Waals surface area contributed by atoms with Crippen LogP contribution in [-0.4, -0.2) is 46.0 Å². The lowest BCUT2D eigenvalue weighted by Gasteiger charge is -2.39. The van der Waals surface area contributed by atoms with Crippen LogP contribution in [0.4, 0.5) is 4.79 Å². The van der Waals surface area contributed by atoms with Gasteiger partial charge in [0.2, 0.25) is 5.91 Å². The Bertz CT molecular complexity index is 432. The van der Waals surface area contributed by atoms with Gasteiger partial charge in [0.25, 0.3) is 0 Å². The summed E-state index contributed by atoms with van der Waals surface area (Å²) in [7, 11) is 0. The molecule has 1 heterocycles. The molecule has 0 aromatic heterocycles. The van der Waals surface area contributed by atoms with E-state index in [4.69, 9.17) is 5.73 Å². The number of hydrogen-bond donors (Lipinski definition) is 3. The van der Waals surface area contributed by atoms with Crippen LogP contribution in [0.1, 0.15) is 51.4 Å². The van der Waals surface area contributed by atoms with E-state index >= 15 is 0 Å². The summed E-state index contributed by atoms with van der Waals surface area (Å²) in [6.45, 7) is 0.440. The molecule has 4 N–H and O–H groups in total. The molecule has 2 fully saturated rings. The van der Waals surface area contributed by atoms with E-state index in [9.17, 15) is 19.5 Å². The molecule has 1 unspecified atom stereocenters. The largest absolute Gasteiger partial charge is 0.480 e. The number of rotatable bonds is 3. The van der Waals surface area contributed by atoms with E-state index in [2.05, 4.69) is 5.32 Å². The first kappa shape index (κ1) is 15.6. The minimum atomic E-state index is -1.20. The molecule has 0 aromatic rings. The number of piperidine rings is 1. The number of nitrogens with one attached hydrogen (secondary N) is 1. The Kier molecular flexibility index (Phi) is 4.69. The number of urea groups is 1. The highest BCUT2D eigenvalue weighted by molar-refractivity contribution is 5.90. The standard InChI is InChI=1S/C14H23N3O4/c15-11(18)10-6-2-5-9-17(10)13(21)16-14(12(19)20)7-3-1-4-8-14/h10H,1-9H2,(H2,15,18)(H,16,21)(H,19,20). The van der Waals surface area contributed by atoms with Crippen molar-refractivity contribution in [3.05, 3.63) is 0 Å². The van der Waals surface area contributed by atoms with Gasteiger partial charge in [0.15, 0.2) is 0 Å². The molecule has 1 aliphatic carbocycles. The van der Waals surface area contributed by atoms with Gasteiger partial charge in [-0.2, -0.15) is 0 Å². The summed E-state index contributed by atoms with van der Waals surface area (Å²) in [6.07, 6.45) is 5.62. The number of primary amides is 1. The molecule has 7 heteroatoms. The summed E-state index contributed by atoms with van der Waals surface area (Å²) in [4.78, 5) is 36.9. The molecule has 3 amide bonds. The summed E-state index contributed by atoms with van der Waals surface area (Å²) in [5, 5.41) is 12.2. The number of likely N-dealkylation sites (tertiary alicyclic amines) is 1. The molecule has 1 saturated carbocycles. The second-order valence-corrected chi connectivity index (χ2v) is 5.99. The van der Waals surface area contributed by atoms with Gasteiger partial charge in [0, 0.05) is 6.54 Å². The highest BCUT2D eigenvalue weighted by Gasteiger charge is 2.43. The molecule has 2 rings (SSSR count). The van der Waals surface area contributed by atoms with Gasteiger partial charge in [-0.1, -0.05) is 19.3 Å². The monoisotopic (exact) mass is 297 g/mol. The summed E-state index contributed by atoms with van der Waals surface area (Å²) in [5.41, 5.74) is 4.14. The fourth-order valence-corrected chi connectivity index (χ4v) is 3.29. The third-order valence-corrected chi connectivity index (χ3v) is 4.55. The van der Waals surface area contributed by atoms with Crippen molar-refractivity contribution in [1.29, 1.82) is 0 Å². The molecular weight excluding hydrogens is 274 g/mol. The molecule has 0 spiro atoms. The highest BCUT2D eigenvalue weighted by Crippen LogP contribution is 2.29. The van der Waals surface area contributed by atoms with Gasteiger partial charge in [-0.05, 0) is 32.1 Å². The van der Waals surface area contributed by atoms with Crippen LogP contribution in [-0.2, 0) is 9.59 Å². The van der Waals surface area contributed by atoms with Crippen LogP contribution in [0, 0.1) is 0 Å². The molecule has 7 nitrogen and oxygen atoms in total. The van der Waals surface area contributed by atoms with Gasteiger partial charge in [0.1, 0.15) is 11.6 Å². The Morgan fingerprint density at radius 2 is 1.76 bits per heavy atom. The predicted octanol–water partition coefficient (Wildman–Crippen LogP) is 0.823. The van der Waals surface area contributed by atoms with Gasteiger partial charge in [-0.25, -0.2) is 9.59 Å². The molecule has 118 valence electrons. The van der Waals surface area contributed by atoms with Crippen LogP contribution in [0.15, 0.2) is 0 Å². The van der Waals surface area contributed by atoms with E-state index in [-0.39, 0.29) is 0 Å². The van der Waals surface area contributed by atoms with E-state index in [1.165, 1.54) is 4.90 Å². The average Bonchev–Trinajstić information content (AvgIpc) is 2.48. The lowest BCUT2D eigenvalue weighted by Crippen LogP contribution is -2.62. The first-order valence-electron chi connectivity index (χ1n) is 7.58. The number of hydrogen-bond acceptors (Lipinski definition) is 3. The van der Waals surface area contributed by atoms with Crippen molar-refractivity contribution in [3.8, 4) is 0 Å². The lowest BCUT2D eigenvalue weighted by atomic mass is 9.82. The Morgan fingerprint density at radius 3 is 2.33 bits per heavy atom. The second-order valence-electron chi connectivity index (χ2n) is 5.99. The molecule has 1 atom stereocenters. The first-order valence-corrected chi connectivity index (χ1v) is 7.58. The van der Waals surface area contributed by atoms with Crippen LogP contribution in [0.5, 0.6) is 0 Å². The van der Waals surface area contributed by atoms with E-state index < -0.39 is 29.5 Å². The Morgan fingerprint density at radius 1 is 1.10 bits per heavy atom. The number of nitrogens with two attached hydrogens (primary N) is 1. The van der Waals surface area contributed by atoms with Gasteiger partial charge in [0.05, 0.1) is 0 Å². The Hall–Kier alpha value is -1.79. The SMILES string of the molecule is NC(=O)C1CCCCN1C(=O)NC1(C(=O)O)CCCCC1. The van der Waals surface area contributed by atoms with Crippen molar-refractivity contribution in [1.82, 2.24) is 10.2 Å². The Labute approximate surface area is 123 Å². The van der Waals surface area contributed by atoms with Crippen LogP contribution in [0.25, 0.3) is 0 Å². The van der Waals surface area contributed by atoms with E-state index in [0.717, 1.165) is 32.1 Å². The maximum absolute atomic E-state index is 12.4. The first-order chi connectivity index (χ1) is 9.96. The zero-order valence-corrected chi connectivity index (χ0v) is 12.1. The Balaban J connectivity index is 2.10. The number of aliphatic carboxylic acids is 1. The fraction of sp³-hybridized carbons (Fsp3) is 0.786. The number of carboxylic acids is 1. The molecule has 21 heavy (non-hydrogen) atoms. The van der Waals surface area contributed by atoms with Gasteiger partial charge in [-0.15, -0.1) is 0 Å². The lowest BCUT2D eigenvalue weighted by molar-refractivity contribution is -0.146. The normalized spacial score (nSPS) is 25.1. The summed E-state index contributed by atoms with van der Waals surface area (Å²) >= 11 is 0. The third-order valence-electron chi connectivity index (χ3n) is 4.55. The average molecular weight is 297 g/mol. The third kappa shape index (κ3) is 3.28. The minimum Gasteiger partial charge on any atom is -0.480 e. The quantitative estimate of drug-likeness (QED) is 0.715. The summed E-state index contributed by atoms with van der Waals surface area (Å²) < 4.78 is 0. The zero-order chi connectivity index (χ0) is 15.5. The molecule has 1 saturated heterocycles. The van der Waals surface area contributed by atoms with Crippen molar-refractivity contribution >= 4 is 17.9 Å². The van der Waals surface area contributed by atoms with Crippen molar-refractivity contribution in [2.45, 2.75) is 62.9 Å².